The summed E-state index contributed by atoms with van der Waals surface area (Å²) in [6, 6.07) is 12.9. The van der Waals surface area contributed by atoms with Crippen molar-refractivity contribution >= 4 is 0 Å². The van der Waals surface area contributed by atoms with Gasteiger partial charge in [-0.15, -0.1) is 0 Å². The summed E-state index contributed by atoms with van der Waals surface area (Å²) in [4.78, 5) is 0. The van der Waals surface area contributed by atoms with Crippen LogP contribution in [0.4, 0.5) is 0 Å². The number of hydrogen-bond donors (Lipinski definition) is 2. The van der Waals surface area contributed by atoms with E-state index in [9.17, 15) is 0 Å². The molecule has 2 aromatic rings. The van der Waals surface area contributed by atoms with Gasteiger partial charge in [-0.3, -0.25) is 0 Å². The van der Waals surface area contributed by atoms with Gasteiger partial charge in [-0.25, -0.2) is 0 Å². The summed E-state index contributed by atoms with van der Waals surface area (Å²) in [6.45, 7) is 2.71. The van der Waals surface area contributed by atoms with E-state index < -0.39 is 0 Å². The van der Waals surface area contributed by atoms with Crippen LogP contribution in [0.5, 0.6) is 0 Å². The molecule has 0 aliphatic heterocycles. The van der Waals surface area contributed by atoms with Crippen molar-refractivity contribution in [3.63, 3.8) is 0 Å². The number of nitrogens with one attached hydrogen (secondary N) is 1. The lowest BCUT2D eigenvalue weighted by Gasteiger charge is -2.12. The summed E-state index contributed by atoms with van der Waals surface area (Å²) >= 11 is 0. The fourth-order valence-corrected chi connectivity index (χ4v) is 2.67. The van der Waals surface area contributed by atoms with Crippen molar-refractivity contribution in [1.29, 1.82) is 0 Å². The third-order valence-corrected chi connectivity index (χ3v) is 3.58. The molecule has 0 radical (unpaired) electrons. The van der Waals surface area contributed by atoms with Crippen LogP contribution >= 0.6 is 0 Å². The molecule has 0 amide bonds. The highest BCUT2D eigenvalue weighted by molar-refractivity contribution is 5.37. The second-order valence-electron chi connectivity index (χ2n) is 4.92. The SMILES string of the molecule is Cc1ccc(CNC2CC(N)c3ccccc32)o1. The van der Waals surface area contributed by atoms with Crippen LogP contribution < -0.4 is 11.1 Å². The Hall–Kier alpha value is -1.58. The summed E-state index contributed by atoms with van der Waals surface area (Å²) in [7, 11) is 0. The maximum Gasteiger partial charge on any atom is 0.117 e. The molecule has 0 saturated heterocycles. The van der Waals surface area contributed by atoms with Crippen molar-refractivity contribution in [2.75, 3.05) is 0 Å². The van der Waals surface area contributed by atoms with E-state index in [1.54, 1.807) is 0 Å². The molecule has 3 nitrogen and oxygen atoms in total. The van der Waals surface area contributed by atoms with Crippen molar-refractivity contribution in [3.05, 3.63) is 59.0 Å². The zero-order valence-corrected chi connectivity index (χ0v) is 10.5. The zero-order valence-electron chi connectivity index (χ0n) is 10.5. The fraction of sp³-hybridized carbons (Fsp3) is 0.333. The Balaban J connectivity index is 1.72. The number of benzene rings is 1. The summed E-state index contributed by atoms with van der Waals surface area (Å²) < 4.78 is 5.56. The molecule has 1 aliphatic rings. The lowest BCUT2D eigenvalue weighted by molar-refractivity contribution is 0.426. The van der Waals surface area contributed by atoms with E-state index in [1.165, 1.54) is 11.1 Å². The number of fused-ring (bicyclic) bond motifs is 1. The van der Waals surface area contributed by atoms with E-state index in [-0.39, 0.29) is 6.04 Å². The molecule has 2 unspecified atom stereocenters. The molecule has 1 heterocycles. The lowest BCUT2D eigenvalue weighted by Crippen LogP contribution is -2.19. The minimum absolute atomic E-state index is 0.150. The van der Waals surface area contributed by atoms with Gasteiger partial charge >= 0.3 is 0 Å². The number of nitrogens with two attached hydrogens (primary N) is 1. The van der Waals surface area contributed by atoms with Gasteiger partial charge in [0.25, 0.3) is 0 Å². The van der Waals surface area contributed by atoms with Gasteiger partial charge in [0.2, 0.25) is 0 Å². The Bertz CT molecular complexity index is 547. The van der Waals surface area contributed by atoms with Gasteiger partial charge in [-0.1, -0.05) is 24.3 Å². The average Bonchev–Trinajstić information content (AvgIpc) is 2.92. The van der Waals surface area contributed by atoms with Gasteiger partial charge in [0.15, 0.2) is 0 Å². The maximum absolute atomic E-state index is 6.15. The molecule has 3 N–H and O–H groups in total. The second-order valence-corrected chi connectivity index (χ2v) is 4.92. The van der Waals surface area contributed by atoms with Crippen molar-refractivity contribution < 1.29 is 4.42 Å². The zero-order chi connectivity index (χ0) is 12.5. The van der Waals surface area contributed by atoms with E-state index >= 15 is 0 Å². The molecule has 18 heavy (non-hydrogen) atoms. The van der Waals surface area contributed by atoms with Gasteiger partial charge in [-0.05, 0) is 36.6 Å². The highest BCUT2D eigenvalue weighted by Gasteiger charge is 2.27. The first-order valence-electron chi connectivity index (χ1n) is 6.37. The van der Waals surface area contributed by atoms with Crippen LogP contribution in [0.2, 0.25) is 0 Å². The van der Waals surface area contributed by atoms with Crippen LogP contribution in [0, 0.1) is 6.92 Å². The van der Waals surface area contributed by atoms with Crippen LogP contribution in [0.25, 0.3) is 0 Å². The van der Waals surface area contributed by atoms with Crippen molar-refractivity contribution in [3.8, 4) is 0 Å². The Labute approximate surface area is 107 Å². The highest BCUT2D eigenvalue weighted by atomic mass is 16.3. The van der Waals surface area contributed by atoms with E-state index in [1.807, 2.05) is 19.1 Å². The third kappa shape index (κ3) is 2.07. The van der Waals surface area contributed by atoms with Crippen LogP contribution in [0.1, 0.15) is 41.2 Å². The van der Waals surface area contributed by atoms with Crippen molar-refractivity contribution in [2.45, 2.75) is 32.0 Å². The molecule has 2 atom stereocenters. The molecule has 1 aromatic carbocycles. The van der Waals surface area contributed by atoms with Crippen LogP contribution in [-0.4, -0.2) is 0 Å². The molecular formula is C15H18N2O. The molecule has 94 valence electrons. The predicted molar refractivity (Wildman–Crippen MR) is 71.0 cm³/mol. The first kappa shape index (κ1) is 11.5. The smallest absolute Gasteiger partial charge is 0.117 e. The molecule has 1 aromatic heterocycles. The van der Waals surface area contributed by atoms with Gasteiger partial charge < -0.3 is 15.5 Å². The Morgan fingerprint density at radius 1 is 1.22 bits per heavy atom. The number of aryl methyl sites for hydroxylation is 1. The molecule has 0 spiro atoms. The number of furan rings is 1. The van der Waals surface area contributed by atoms with Gasteiger partial charge in [-0.2, -0.15) is 0 Å². The summed E-state index contributed by atoms with van der Waals surface area (Å²) in [5.41, 5.74) is 8.74. The molecule has 3 rings (SSSR count). The summed E-state index contributed by atoms with van der Waals surface area (Å²) in [5.74, 6) is 1.93. The van der Waals surface area contributed by atoms with Crippen LogP contribution in [0.15, 0.2) is 40.8 Å². The van der Waals surface area contributed by atoms with E-state index in [4.69, 9.17) is 10.2 Å². The van der Waals surface area contributed by atoms with Crippen LogP contribution in [0.3, 0.4) is 0 Å². The fourth-order valence-electron chi connectivity index (χ4n) is 2.67. The Morgan fingerprint density at radius 2 is 2.00 bits per heavy atom. The Morgan fingerprint density at radius 3 is 2.72 bits per heavy atom. The normalized spacial score (nSPS) is 22.1. The summed E-state index contributed by atoms with van der Waals surface area (Å²) in [5, 5.41) is 3.52. The van der Waals surface area contributed by atoms with Gasteiger partial charge in [0.1, 0.15) is 11.5 Å². The van der Waals surface area contributed by atoms with E-state index in [2.05, 4.69) is 29.6 Å². The van der Waals surface area contributed by atoms with E-state index in [0.29, 0.717) is 6.04 Å². The standard InChI is InChI=1S/C15H18N2O/c1-10-6-7-11(18-10)9-17-15-8-14(16)12-4-2-3-5-13(12)15/h2-7,14-15,17H,8-9,16H2,1H3. The first-order chi connectivity index (χ1) is 8.74. The molecule has 0 saturated carbocycles. The first-order valence-corrected chi connectivity index (χ1v) is 6.37. The minimum Gasteiger partial charge on any atom is -0.465 e. The average molecular weight is 242 g/mol. The molecular weight excluding hydrogens is 224 g/mol. The van der Waals surface area contributed by atoms with Crippen molar-refractivity contribution in [2.24, 2.45) is 5.73 Å². The number of hydrogen-bond acceptors (Lipinski definition) is 3. The third-order valence-electron chi connectivity index (χ3n) is 3.58. The molecule has 1 aliphatic carbocycles. The summed E-state index contributed by atoms with van der Waals surface area (Å²) in [6.07, 6.45) is 0.957. The lowest BCUT2D eigenvalue weighted by atomic mass is 10.1. The predicted octanol–water partition coefficient (Wildman–Crippen LogP) is 2.82. The second kappa shape index (κ2) is 4.59. The molecule has 0 fully saturated rings. The maximum atomic E-state index is 6.15. The topological polar surface area (TPSA) is 51.2 Å². The van der Waals surface area contributed by atoms with Gasteiger partial charge in [0, 0.05) is 12.1 Å². The Kier molecular flexibility index (Phi) is 2.94. The van der Waals surface area contributed by atoms with Crippen LogP contribution in [-0.2, 0) is 6.54 Å². The monoisotopic (exact) mass is 242 g/mol. The quantitative estimate of drug-likeness (QED) is 0.870. The number of rotatable bonds is 3. The molecule has 0 bridgehead atoms. The van der Waals surface area contributed by atoms with Gasteiger partial charge in [0.05, 0.1) is 6.54 Å². The minimum atomic E-state index is 0.150. The largest absolute Gasteiger partial charge is 0.465 e. The van der Waals surface area contributed by atoms with E-state index in [0.717, 1.165) is 24.5 Å². The molecule has 3 heteroatoms. The highest BCUT2D eigenvalue weighted by Crippen LogP contribution is 2.37. The van der Waals surface area contributed by atoms with Crippen molar-refractivity contribution in [1.82, 2.24) is 5.32 Å².